The molecule has 2 amide bonds. The van der Waals surface area contributed by atoms with Crippen molar-refractivity contribution >= 4 is 45.0 Å². The fraction of sp³-hybridized carbons (Fsp3) is 0.214. The van der Waals surface area contributed by atoms with Crippen LogP contribution in [-0.2, 0) is 14.3 Å². The van der Waals surface area contributed by atoms with Crippen LogP contribution >= 0.6 is 15.9 Å². The minimum Gasteiger partial charge on any atom is -0.494 e. The summed E-state index contributed by atoms with van der Waals surface area (Å²) in [5.74, 6) is -3.99. The van der Waals surface area contributed by atoms with Gasteiger partial charge >= 0.3 is 0 Å². The SMILES string of the molecule is CCOc1ccc(N2C(=O)[C@H]3[C@@H](C2=O)C2(O[C@H]3c3ccc(Br)cc3)C(=O)c3ccccc3C2=O)cc1. The third-order valence-electron chi connectivity index (χ3n) is 7.12. The lowest BCUT2D eigenvalue weighted by Gasteiger charge is -2.27. The first-order valence-electron chi connectivity index (χ1n) is 11.6. The highest BCUT2D eigenvalue weighted by molar-refractivity contribution is 9.10. The zero-order valence-corrected chi connectivity index (χ0v) is 20.7. The van der Waals surface area contributed by atoms with Gasteiger partial charge in [0, 0.05) is 15.6 Å². The van der Waals surface area contributed by atoms with Gasteiger partial charge in [-0.15, -0.1) is 0 Å². The van der Waals surface area contributed by atoms with E-state index in [1.807, 2.05) is 6.92 Å². The Bertz CT molecular complexity index is 1400. The van der Waals surface area contributed by atoms with E-state index in [9.17, 15) is 19.2 Å². The Morgan fingerprint density at radius 1 is 0.861 bits per heavy atom. The summed E-state index contributed by atoms with van der Waals surface area (Å²) in [6.07, 6.45) is -0.950. The normalized spacial score (nSPS) is 23.9. The molecule has 3 atom stereocenters. The van der Waals surface area contributed by atoms with Gasteiger partial charge in [-0.05, 0) is 48.9 Å². The van der Waals surface area contributed by atoms with Crippen LogP contribution in [-0.4, -0.2) is 35.6 Å². The zero-order valence-electron chi connectivity index (χ0n) is 19.1. The van der Waals surface area contributed by atoms with Crippen LogP contribution in [0.4, 0.5) is 5.69 Å². The Kier molecular flexibility index (Phi) is 5.21. The molecule has 2 heterocycles. The molecule has 2 fully saturated rings. The van der Waals surface area contributed by atoms with Gasteiger partial charge in [0.05, 0.1) is 30.2 Å². The number of carbonyl (C=O) groups is 4. The molecular weight excluding hydrogens is 526 g/mol. The number of Topliss-reactive ketones (excluding diaryl/α,β-unsaturated/α-hetero) is 2. The number of ketones is 2. The molecule has 0 aromatic heterocycles. The summed E-state index contributed by atoms with van der Waals surface area (Å²) in [5.41, 5.74) is -0.715. The van der Waals surface area contributed by atoms with Crippen molar-refractivity contribution in [3.05, 3.63) is 94.0 Å². The average molecular weight is 546 g/mol. The van der Waals surface area contributed by atoms with Crippen LogP contribution in [0, 0.1) is 11.8 Å². The second kappa shape index (κ2) is 8.21. The van der Waals surface area contributed by atoms with Gasteiger partial charge < -0.3 is 9.47 Å². The van der Waals surface area contributed by atoms with Crippen molar-refractivity contribution in [1.29, 1.82) is 0 Å². The maximum absolute atomic E-state index is 13.9. The fourth-order valence-electron chi connectivity index (χ4n) is 5.58. The fourth-order valence-corrected chi connectivity index (χ4v) is 5.85. The molecule has 3 aliphatic rings. The van der Waals surface area contributed by atoms with Gasteiger partial charge in [0.25, 0.3) is 0 Å². The van der Waals surface area contributed by atoms with Gasteiger partial charge in [0.2, 0.25) is 29.0 Å². The maximum atomic E-state index is 13.9. The maximum Gasteiger partial charge on any atom is 0.241 e. The highest BCUT2D eigenvalue weighted by Gasteiger charge is 2.74. The smallest absolute Gasteiger partial charge is 0.241 e. The summed E-state index contributed by atoms with van der Waals surface area (Å²) in [5, 5.41) is 0. The van der Waals surface area contributed by atoms with Gasteiger partial charge in [0.1, 0.15) is 5.75 Å². The molecule has 36 heavy (non-hydrogen) atoms. The lowest BCUT2D eigenvalue weighted by Crippen LogP contribution is -2.51. The van der Waals surface area contributed by atoms with Crippen molar-refractivity contribution in [2.24, 2.45) is 11.8 Å². The molecule has 6 rings (SSSR count). The van der Waals surface area contributed by atoms with Crippen molar-refractivity contribution < 1.29 is 28.7 Å². The molecule has 8 heteroatoms. The molecule has 0 bridgehead atoms. The molecule has 180 valence electrons. The number of halogens is 1. The van der Waals surface area contributed by atoms with Gasteiger partial charge in [0.15, 0.2) is 0 Å². The van der Waals surface area contributed by atoms with Gasteiger partial charge in [-0.2, -0.15) is 0 Å². The van der Waals surface area contributed by atoms with Crippen LogP contribution < -0.4 is 9.64 Å². The Morgan fingerprint density at radius 3 is 2.06 bits per heavy atom. The van der Waals surface area contributed by atoms with Crippen molar-refractivity contribution in [2.45, 2.75) is 18.6 Å². The molecule has 0 unspecified atom stereocenters. The van der Waals surface area contributed by atoms with Crippen LogP contribution in [0.5, 0.6) is 5.75 Å². The lowest BCUT2D eigenvalue weighted by molar-refractivity contribution is -0.127. The Morgan fingerprint density at radius 2 is 1.47 bits per heavy atom. The van der Waals surface area contributed by atoms with E-state index >= 15 is 0 Å². The van der Waals surface area contributed by atoms with E-state index in [1.54, 1.807) is 72.8 Å². The van der Waals surface area contributed by atoms with Gasteiger partial charge in [-0.1, -0.05) is 52.3 Å². The van der Waals surface area contributed by atoms with E-state index in [-0.39, 0.29) is 11.1 Å². The lowest BCUT2D eigenvalue weighted by atomic mass is 9.77. The summed E-state index contributed by atoms with van der Waals surface area (Å²) in [4.78, 5) is 56.4. The second-order valence-corrected chi connectivity index (χ2v) is 9.89. The van der Waals surface area contributed by atoms with Crippen molar-refractivity contribution in [3.8, 4) is 5.75 Å². The summed E-state index contributed by atoms with van der Waals surface area (Å²) >= 11 is 3.40. The molecule has 2 saturated heterocycles. The Balaban J connectivity index is 1.49. The summed E-state index contributed by atoms with van der Waals surface area (Å²) in [7, 11) is 0. The quantitative estimate of drug-likeness (QED) is 0.353. The minimum absolute atomic E-state index is 0.206. The highest BCUT2D eigenvalue weighted by Crippen LogP contribution is 2.57. The molecule has 0 N–H and O–H groups in total. The first-order valence-corrected chi connectivity index (χ1v) is 12.4. The Labute approximate surface area is 215 Å². The molecule has 1 aliphatic carbocycles. The zero-order chi connectivity index (χ0) is 25.2. The van der Waals surface area contributed by atoms with E-state index in [1.165, 1.54) is 0 Å². The number of imide groups is 1. The molecule has 2 aliphatic heterocycles. The third-order valence-corrected chi connectivity index (χ3v) is 7.65. The monoisotopic (exact) mass is 545 g/mol. The van der Waals surface area contributed by atoms with Crippen LogP contribution in [0.1, 0.15) is 39.3 Å². The average Bonchev–Trinajstić information content (AvgIpc) is 3.45. The number of carbonyl (C=O) groups excluding carboxylic acids is 4. The topological polar surface area (TPSA) is 90.0 Å². The molecule has 3 aromatic carbocycles. The minimum atomic E-state index is -2.08. The molecule has 3 aromatic rings. The summed E-state index contributed by atoms with van der Waals surface area (Å²) in [6, 6.07) is 20.1. The number of amides is 2. The number of fused-ring (bicyclic) bond motifs is 3. The molecule has 1 spiro atoms. The molecule has 7 nitrogen and oxygen atoms in total. The van der Waals surface area contributed by atoms with Gasteiger partial charge in [-0.3, -0.25) is 19.2 Å². The first-order chi connectivity index (χ1) is 17.4. The number of nitrogens with zero attached hydrogens (tertiary/aromatic N) is 1. The van der Waals surface area contributed by atoms with Crippen molar-refractivity contribution in [2.75, 3.05) is 11.5 Å². The van der Waals surface area contributed by atoms with E-state index in [2.05, 4.69) is 15.9 Å². The highest BCUT2D eigenvalue weighted by atomic mass is 79.9. The summed E-state index contributed by atoms with van der Waals surface area (Å²) in [6.45, 7) is 2.34. The number of ether oxygens (including phenoxy) is 2. The number of hydrogen-bond acceptors (Lipinski definition) is 6. The van der Waals surface area contributed by atoms with E-state index in [4.69, 9.17) is 9.47 Å². The number of rotatable bonds is 4. The number of benzene rings is 3. The van der Waals surface area contributed by atoms with Crippen molar-refractivity contribution in [1.82, 2.24) is 0 Å². The summed E-state index contributed by atoms with van der Waals surface area (Å²) < 4.78 is 12.6. The molecule has 0 radical (unpaired) electrons. The molecule has 0 saturated carbocycles. The van der Waals surface area contributed by atoms with Crippen LogP contribution in [0.15, 0.2) is 77.3 Å². The second-order valence-electron chi connectivity index (χ2n) is 8.97. The first kappa shape index (κ1) is 22.8. The van der Waals surface area contributed by atoms with Gasteiger partial charge in [-0.25, -0.2) is 4.90 Å². The Hall–Kier alpha value is -3.62. The van der Waals surface area contributed by atoms with Crippen molar-refractivity contribution in [3.63, 3.8) is 0 Å². The van der Waals surface area contributed by atoms with Crippen LogP contribution in [0.3, 0.4) is 0 Å². The number of anilines is 1. The van der Waals surface area contributed by atoms with Crippen LogP contribution in [0.2, 0.25) is 0 Å². The van der Waals surface area contributed by atoms with Crippen LogP contribution in [0.25, 0.3) is 0 Å². The van der Waals surface area contributed by atoms with E-state index in [0.717, 1.165) is 9.37 Å². The van der Waals surface area contributed by atoms with E-state index in [0.29, 0.717) is 23.6 Å². The third kappa shape index (κ3) is 3.01. The predicted molar refractivity (Wildman–Crippen MR) is 133 cm³/mol. The van der Waals surface area contributed by atoms with E-state index < -0.39 is 46.9 Å². The predicted octanol–water partition coefficient (Wildman–Crippen LogP) is 4.54. The molecular formula is C28H20BrNO6. The largest absolute Gasteiger partial charge is 0.494 e. The number of hydrogen-bond donors (Lipinski definition) is 0. The standard InChI is InChI=1S/C28H20BrNO6/c1-2-35-18-13-11-17(12-14-18)30-26(33)21-22(27(30)34)28(36-23(21)15-7-9-16(29)10-8-15)24(31)19-5-3-4-6-20(19)25(28)32/h3-14,21-23H,2H2,1H3/t21-,22-,23-/m0/s1.